The van der Waals surface area contributed by atoms with Gasteiger partial charge in [-0.1, -0.05) is 18.2 Å². The molecule has 2 aromatic rings. The lowest BCUT2D eigenvalue weighted by Crippen LogP contribution is -2.16. The monoisotopic (exact) mass is 271 g/mol. The zero-order valence-electron chi connectivity index (χ0n) is 10.8. The van der Waals surface area contributed by atoms with Crippen LogP contribution in [-0.4, -0.2) is 19.0 Å². The summed E-state index contributed by atoms with van der Waals surface area (Å²) in [5.74, 6) is -0.707. The maximum absolute atomic E-state index is 12.0. The van der Waals surface area contributed by atoms with Gasteiger partial charge in [0.05, 0.1) is 18.2 Å². The summed E-state index contributed by atoms with van der Waals surface area (Å²) >= 11 is 0. The Kier molecular flexibility index (Phi) is 4.00. The molecule has 0 aliphatic carbocycles. The van der Waals surface area contributed by atoms with Crippen molar-refractivity contribution in [3.05, 3.63) is 59.7 Å². The first-order valence-electron chi connectivity index (χ1n) is 5.87. The molecule has 0 aromatic heterocycles. The van der Waals surface area contributed by atoms with Crippen LogP contribution in [0.15, 0.2) is 48.5 Å². The van der Waals surface area contributed by atoms with Crippen LogP contribution in [-0.2, 0) is 0 Å². The predicted octanol–water partition coefficient (Wildman–Crippen LogP) is 2.01. The van der Waals surface area contributed by atoms with Crippen molar-refractivity contribution >= 4 is 11.9 Å². The molecule has 0 unspecified atom stereocenters. The number of benzene rings is 2. The number of hydrogen-bond donors (Lipinski definition) is 1. The summed E-state index contributed by atoms with van der Waals surface area (Å²) < 4.78 is 10.2. The molecular weight excluding hydrogens is 258 g/mol. The Bertz CT molecular complexity index is 638. The van der Waals surface area contributed by atoms with Gasteiger partial charge in [-0.05, 0) is 24.3 Å². The van der Waals surface area contributed by atoms with E-state index in [1.54, 1.807) is 36.4 Å². The van der Waals surface area contributed by atoms with Gasteiger partial charge in [-0.3, -0.25) is 4.79 Å². The average Bonchev–Trinajstić information content (AvgIpc) is 2.47. The number of amides is 1. The van der Waals surface area contributed by atoms with Crippen molar-refractivity contribution in [1.82, 2.24) is 0 Å². The lowest BCUT2D eigenvalue weighted by Gasteiger charge is -2.09. The third-order valence-electron chi connectivity index (χ3n) is 2.67. The van der Waals surface area contributed by atoms with E-state index in [-0.39, 0.29) is 11.3 Å². The molecule has 0 aliphatic rings. The zero-order chi connectivity index (χ0) is 14.5. The molecule has 0 saturated heterocycles. The molecule has 1 amide bonds. The van der Waals surface area contributed by atoms with E-state index in [2.05, 4.69) is 0 Å². The first-order chi connectivity index (χ1) is 9.61. The highest BCUT2D eigenvalue weighted by Gasteiger charge is 2.15. The number of hydrogen-bond acceptors (Lipinski definition) is 4. The standard InChI is InChI=1S/C15H13NO4/c1-19-11-7-8-12(14(16)17)13(9-11)20-15(18)10-5-3-2-4-6-10/h2-9H,1H3,(H2,16,17). The van der Waals surface area contributed by atoms with Crippen molar-refractivity contribution in [1.29, 1.82) is 0 Å². The topological polar surface area (TPSA) is 78.6 Å². The number of rotatable bonds is 4. The molecule has 2 rings (SSSR count). The fourth-order valence-corrected chi connectivity index (χ4v) is 1.65. The van der Waals surface area contributed by atoms with Crippen LogP contribution in [0.4, 0.5) is 0 Å². The van der Waals surface area contributed by atoms with Crippen molar-refractivity contribution in [2.45, 2.75) is 0 Å². The molecule has 0 aliphatic heterocycles. The number of carbonyl (C=O) groups is 2. The van der Waals surface area contributed by atoms with E-state index in [1.807, 2.05) is 0 Å². The van der Waals surface area contributed by atoms with Gasteiger partial charge in [0.15, 0.2) is 0 Å². The van der Waals surface area contributed by atoms with E-state index in [1.165, 1.54) is 19.2 Å². The first-order valence-corrected chi connectivity index (χ1v) is 5.87. The fourth-order valence-electron chi connectivity index (χ4n) is 1.65. The smallest absolute Gasteiger partial charge is 0.343 e. The molecule has 5 heteroatoms. The van der Waals surface area contributed by atoms with E-state index in [4.69, 9.17) is 15.2 Å². The maximum atomic E-state index is 12.0. The van der Waals surface area contributed by atoms with Gasteiger partial charge >= 0.3 is 5.97 Å². The Morgan fingerprint density at radius 3 is 2.35 bits per heavy atom. The second-order valence-electron chi connectivity index (χ2n) is 3.98. The minimum absolute atomic E-state index is 0.0747. The van der Waals surface area contributed by atoms with Crippen LogP contribution in [0.3, 0.4) is 0 Å². The van der Waals surface area contributed by atoms with Crippen LogP contribution in [0.25, 0.3) is 0 Å². The van der Waals surface area contributed by atoms with Crippen LogP contribution in [0, 0.1) is 0 Å². The molecule has 0 bridgehead atoms. The molecule has 0 atom stereocenters. The number of ether oxygens (including phenoxy) is 2. The summed E-state index contributed by atoms with van der Waals surface area (Å²) in [5, 5.41) is 0. The molecule has 2 aromatic carbocycles. The highest BCUT2D eigenvalue weighted by molar-refractivity contribution is 5.98. The van der Waals surface area contributed by atoms with Crippen molar-refractivity contribution in [3.8, 4) is 11.5 Å². The van der Waals surface area contributed by atoms with E-state index < -0.39 is 11.9 Å². The lowest BCUT2D eigenvalue weighted by molar-refractivity contribution is 0.0732. The summed E-state index contributed by atoms with van der Waals surface area (Å²) in [7, 11) is 1.47. The number of carbonyl (C=O) groups excluding carboxylic acids is 2. The van der Waals surface area contributed by atoms with Crippen molar-refractivity contribution in [2.24, 2.45) is 5.73 Å². The van der Waals surface area contributed by atoms with Crippen LogP contribution >= 0.6 is 0 Å². The Labute approximate surface area is 115 Å². The molecule has 0 spiro atoms. The van der Waals surface area contributed by atoms with Crippen LogP contribution in [0.5, 0.6) is 11.5 Å². The van der Waals surface area contributed by atoms with Crippen molar-refractivity contribution in [3.63, 3.8) is 0 Å². The third-order valence-corrected chi connectivity index (χ3v) is 2.67. The summed E-state index contributed by atoms with van der Waals surface area (Å²) in [6, 6.07) is 12.9. The largest absolute Gasteiger partial charge is 0.497 e. The van der Waals surface area contributed by atoms with Gasteiger partial charge < -0.3 is 15.2 Å². The summed E-state index contributed by atoms with van der Waals surface area (Å²) in [6.07, 6.45) is 0. The SMILES string of the molecule is COc1ccc(C(N)=O)c(OC(=O)c2ccccc2)c1. The minimum atomic E-state index is -0.677. The molecule has 2 N–H and O–H groups in total. The summed E-state index contributed by atoms with van der Waals surface area (Å²) in [4.78, 5) is 23.3. The Balaban J connectivity index is 2.32. The molecule has 102 valence electrons. The highest BCUT2D eigenvalue weighted by Crippen LogP contribution is 2.25. The number of nitrogens with two attached hydrogens (primary N) is 1. The van der Waals surface area contributed by atoms with E-state index in [0.29, 0.717) is 11.3 Å². The first kappa shape index (κ1) is 13.6. The summed E-state index contributed by atoms with van der Waals surface area (Å²) in [5.41, 5.74) is 5.75. The van der Waals surface area contributed by atoms with Crippen LogP contribution in [0.2, 0.25) is 0 Å². The van der Waals surface area contributed by atoms with Gasteiger partial charge in [-0.15, -0.1) is 0 Å². The van der Waals surface area contributed by atoms with Gasteiger partial charge in [0.2, 0.25) is 0 Å². The second kappa shape index (κ2) is 5.88. The summed E-state index contributed by atoms with van der Waals surface area (Å²) in [6.45, 7) is 0. The van der Waals surface area contributed by atoms with E-state index in [9.17, 15) is 9.59 Å². The lowest BCUT2D eigenvalue weighted by atomic mass is 10.1. The molecular formula is C15H13NO4. The second-order valence-corrected chi connectivity index (χ2v) is 3.98. The zero-order valence-corrected chi connectivity index (χ0v) is 10.8. The molecule has 20 heavy (non-hydrogen) atoms. The molecule has 0 saturated carbocycles. The highest BCUT2D eigenvalue weighted by atomic mass is 16.5. The van der Waals surface area contributed by atoms with Crippen molar-refractivity contribution < 1.29 is 19.1 Å². The van der Waals surface area contributed by atoms with E-state index in [0.717, 1.165) is 0 Å². The number of esters is 1. The van der Waals surface area contributed by atoms with Gasteiger partial charge in [-0.2, -0.15) is 0 Å². The number of primary amides is 1. The molecule has 0 fully saturated rings. The average molecular weight is 271 g/mol. The third kappa shape index (κ3) is 2.95. The van der Waals surface area contributed by atoms with Gasteiger partial charge in [-0.25, -0.2) is 4.79 Å². The van der Waals surface area contributed by atoms with Crippen LogP contribution in [0.1, 0.15) is 20.7 Å². The Hall–Kier alpha value is -2.82. The predicted molar refractivity (Wildman–Crippen MR) is 72.9 cm³/mol. The Morgan fingerprint density at radius 1 is 1.05 bits per heavy atom. The molecule has 0 radical (unpaired) electrons. The normalized spacial score (nSPS) is 9.85. The number of methoxy groups -OCH3 is 1. The quantitative estimate of drug-likeness (QED) is 0.681. The van der Waals surface area contributed by atoms with Crippen molar-refractivity contribution in [2.75, 3.05) is 7.11 Å². The maximum Gasteiger partial charge on any atom is 0.343 e. The van der Waals surface area contributed by atoms with Crippen LogP contribution < -0.4 is 15.2 Å². The fraction of sp³-hybridized carbons (Fsp3) is 0.0667. The van der Waals surface area contributed by atoms with Gasteiger partial charge in [0.25, 0.3) is 5.91 Å². The Morgan fingerprint density at radius 2 is 1.75 bits per heavy atom. The van der Waals surface area contributed by atoms with E-state index >= 15 is 0 Å². The van der Waals surface area contributed by atoms with Gasteiger partial charge in [0.1, 0.15) is 11.5 Å². The molecule has 5 nitrogen and oxygen atoms in total. The van der Waals surface area contributed by atoms with Gasteiger partial charge in [0, 0.05) is 6.07 Å². The molecule has 0 heterocycles. The minimum Gasteiger partial charge on any atom is -0.497 e.